The van der Waals surface area contributed by atoms with Gasteiger partial charge in [0.1, 0.15) is 0 Å². The Labute approximate surface area is 119 Å². The molecule has 0 amide bonds. The number of rotatable bonds is 3. The molecule has 2 unspecified atom stereocenters. The number of nitrogens with one attached hydrogen (secondary N) is 1. The van der Waals surface area contributed by atoms with E-state index in [1.165, 1.54) is 38.8 Å². The standard InChI is InChI=1S/C16H32N2O/c1-5-15-12-14(8-11-19-15)17-13-6-9-18(10-7-13)16(2,3)4/h13-15,17H,5-12H2,1-4H3. The SMILES string of the molecule is CCC1CC(NC2CCN(C(C)(C)C)CC2)CCO1. The van der Waals surface area contributed by atoms with E-state index >= 15 is 0 Å². The van der Waals surface area contributed by atoms with Crippen LogP contribution in [0.15, 0.2) is 0 Å². The predicted octanol–water partition coefficient (Wildman–Crippen LogP) is 2.80. The Morgan fingerprint density at radius 2 is 1.79 bits per heavy atom. The van der Waals surface area contributed by atoms with Crippen LogP contribution < -0.4 is 5.32 Å². The molecule has 112 valence electrons. The second-order valence-electron chi connectivity index (χ2n) is 7.22. The molecule has 2 saturated heterocycles. The van der Waals surface area contributed by atoms with Gasteiger partial charge in [0.05, 0.1) is 6.10 Å². The lowest BCUT2D eigenvalue weighted by Crippen LogP contribution is -2.52. The molecular formula is C16H32N2O. The molecule has 2 rings (SSSR count). The van der Waals surface area contributed by atoms with Crippen LogP contribution in [0.25, 0.3) is 0 Å². The number of nitrogens with zero attached hydrogens (tertiary/aromatic N) is 1. The Bertz CT molecular complexity index is 266. The number of ether oxygens (including phenoxy) is 1. The van der Waals surface area contributed by atoms with E-state index in [9.17, 15) is 0 Å². The van der Waals surface area contributed by atoms with Crippen molar-refractivity contribution < 1.29 is 4.74 Å². The molecule has 0 bridgehead atoms. The van der Waals surface area contributed by atoms with Crippen molar-refractivity contribution in [2.45, 2.75) is 83.5 Å². The van der Waals surface area contributed by atoms with Crippen LogP contribution in [-0.4, -0.2) is 48.3 Å². The summed E-state index contributed by atoms with van der Waals surface area (Å²) in [5, 5.41) is 3.89. The molecule has 2 fully saturated rings. The van der Waals surface area contributed by atoms with Gasteiger partial charge in [-0.15, -0.1) is 0 Å². The fraction of sp³-hybridized carbons (Fsp3) is 1.00. The fourth-order valence-corrected chi connectivity index (χ4v) is 3.37. The summed E-state index contributed by atoms with van der Waals surface area (Å²) in [5.74, 6) is 0. The minimum absolute atomic E-state index is 0.330. The van der Waals surface area contributed by atoms with Crippen molar-refractivity contribution in [3.63, 3.8) is 0 Å². The maximum absolute atomic E-state index is 5.76. The molecule has 0 aromatic rings. The third-order valence-electron chi connectivity index (χ3n) is 4.74. The van der Waals surface area contributed by atoms with Gasteiger partial charge in [0.15, 0.2) is 0 Å². The van der Waals surface area contributed by atoms with Gasteiger partial charge in [-0.25, -0.2) is 0 Å². The number of hydrogen-bond donors (Lipinski definition) is 1. The number of piperidine rings is 1. The van der Waals surface area contributed by atoms with Crippen molar-refractivity contribution in [3.05, 3.63) is 0 Å². The van der Waals surface area contributed by atoms with Crippen LogP contribution in [0, 0.1) is 0 Å². The summed E-state index contributed by atoms with van der Waals surface area (Å²) < 4.78 is 5.76. The first-order valence-electron chi connectivity index (χ1n) is 8.11. The first-order chi connectivity index (χ1) is 8.99. The normalized spacial score (nSPS) is 31.6. The van der Waals surface area contributed by atoms with Crippen molar-refractivity contribution in [1.82, 2.24) is 10.2 Å². The van der Waals surface area contributed by atoms with Crippen LogP contribution in [0.4, 0.5) is 0 Å². The molecule has 0 aliphatic carbocycles. The van der Waals surface area contributed by atoms with Gasteiger partial charge in [0, 0.05) is 37.3 Å². The topological polar surface area (TPSA) is 24.5 Å². The highest BCUT2D eigenvalue weighted by Crippen LogP contribution is 2.22. The van der Waals surface area contributed by atoms with Crippen LogP contribution >= 0.6 is 0 Å². The maximum Gasteiger partial charge on any atom is 0.0587 e. The van der Waals surface area contributed by atoms with Crippen LogP contribution in [0.1, 0.15) is 59.8 Å². The van der Waals surface area contributed by atoms with Gasteiger partial charge in [-0.2, -0.15) is 0 Å². The molecule has 1 N–H and O–H groups in total. The summed E-state index contributed by atoms with van der Waals surface area (Å²) in [5.41, 5.74) is 0.330. The van der Waals surface area contributed by atoms with Gasteiger partial charge in [0.2, 0.25) is 0 Å². The maximum atomic E-state index is 5.76. The van der Waals surface area contributed by atoms with Gasteiger partial charge in [-0.05, 0) is 52.9 Å². The van der Waals surface area contributed by atoms with Crippen LogP contribution in [0.3, 0.4) is 0 Å². The van der Waals surface area contributed by atoms with Crippen LogP contribution in [0.2, 0.25) is 0 Å². The zero-order valence-corrected chi connectivity index (χ0v) is 13.2. The predicted molar refractivity (Wildman–Crippen MR) is 80.5 cm³/mol. The first-order valence-corrected chi connectivity index (χ1v) is 8.11. The zero-order valence-electron chi connectivity index (χ0n) is 13.2. The molecule has 2 aliphatic rings. The molecular weight excluding hydrogens is 236 g/mol. The summed E-state index contributed by atoms with van der Waals surface area (Å²) in [6, 6.07) is 1.41. The molecule has 2 heterocycles. The number of hydrogen-bond acceptors (Lipinski definition) is 3. The summed E-state index contributed by atoms with van der Waals surface area (Å²) in [6.45, 7) is 12.6. The molecule has 2 atom stereocenters. The Morgan fingerprint density at radius 3 is 2.37 bits per heavy atom. The Kier molecular flexibility index (Phi) is 5.27. The van der Waals surface area contributed by atoms with E-state index in [1.54, 1.807) is 0 Å². The van der Waals surface area contributed by atoms with Crippen molar-refractivity contribution in [2.75, 3.05) is 19.7 Å². The third-order valence-corrected chi connectivity index (χ3v) is 4.74. The van der Waals surface area contributed by atoms with Gasteiger partial charge >= 0.3 is 0 Å². The highest BCUT2D eigenvalue weighted by Gasteiger charge is 2.29. The molecule has 0 saturated carbocycles. The molecule has 19 heavy (non-hydrogen) atoms. The van der Waals surface area contributed by atoms with Gasteiger partial charge < -0.3 is 10.1 Å². The lowest BCUT2D eigenvalue weighted by atomic mass is 9.95. The highest BCUT2D eigenvalue weighted by molar-refractivity contribution is 4.87. The van der Waals surface area contributed by atoms with Gasteiger partial charge in [0.25, 0.3) is 0 Å². The minimum Gasteiger partial charge on any atom is -0.378 e. The Morgan fingerprint density at radius 1 is 1.11 bits per heavy atom. The smallest absolute Gasteiger partial charge is 0.0587 e. The summed E-state index contributed by atoms with van der Waals surface area (Å²) in [6.07, 6.45) is 6.63. The van der Waals surface area contributed by atoms with E-state index in [4.69, 9.17) is 4.74 Å². The molecule has 3 nitrogen and oxygen atoms in total. The molecule has 2 aliphatic heterocycles. The third kappa shape index (κ3) is 4.44. The molecule has 0 radical (unpaired) electrons. The lowest BCUT2D eigenvalue weighted by molar-refractivity contribution is -0.00459. The second-order valence-corrected chi connectivity index (χ2v) is 7.22. The molecule has 0 aromatic heterocycles. The van der Waals surface area contributed by atoms with Crippen molar-refractivity contribution in [3.8, 4) is 0 Å². The van der Waals surface area contributed by atoms with E-state index < -0.39 is 0 Å². The summed E-state index contributed by atoms with van der Waals surface area (Å²) in [4.78, 5) is 2.62. The second kappa shape index (κ2) is 6.55. The van der Waals surface area contributed by atoms with Gasteiger partial charge in [-0.3, -0.25) is 4.90 Å². The van der Waals surface area contributed by atoms with E-state index in [0.717, 1.165) is 19.1 Å². The quantitative estimate of drug-likeness (QED) is 0.852. The van der Waals surface area contributed by atoms with E-state index in [0.29, 0.717) is 17.7 Å². The summed E-state index contributed by atoms with van der Waals surface area (Å²) >= 11 is 0. The van der Waals surface area contributed by atoms with E-state index in [2.05, 4.69) is 37.9 Å². The average Bonchev–Trinajstić information content (AvgIpc) is 2.38. The van der Waals surface area contributed by atoms with E-state index in [-0.39, 0.29) is 0 Å². The van der Waals surface area contributed by atoms with Crippen molar-refractivity contribution >= 4 is 0 Å². The van der Waals surface area contributed by atoms with Crippen LogP contribution in [0.5, 0.6) is 0 Å². The lowest BCUT2D eigenvalue weighted by Gasteiger charge is -2.42. The van der Waals surface area contributed by atoms with Crippen molar-refractivity contribution in [1.29, 1.82) is 0 Å². The van der Waals surface area contributed by atoms with Crippen molar-refractivity contribution in [2.24, 2.45) is 0 Å². The zero-order chi connectivity index (χ0) is 13.9. The highest BCUT2D eigenvalue weighted by atomic mass is 16.5. The van der Waals surface area contributed by atoms with Gasteiger partial charge in [-0.1, -0.05) is 6.92 Å². The minimum atomic E-state index is 0.330. The monoisotopic (exact) mass is 268 g/mol. The average molecular weight is 268 g/mol. The van der Waals surface area contributed by atoms with E-state index in [1.807, 2.05) is 0 Å². The van der Waals surface area contributed by atoms with Crippen LogP contribution in [-0.2, 0) is 4.74 Å². The Hall–Kier alpha value is -0.120. The largest absolute Gasteiger partial charge is 0.378 e. The molecule has 0 aromatic carbocycles. The molecule has 3 heteroatoms. The first kappa shape index (κ1) is 15.3. The fourth-order valence-electron chi connectivity index (χ4n) is 3.37. The molecule has 0 spiro atoms. The number of likely N-dealkylation sites (tertiary alicyclic amines) is 1. The Balaban J connectivity index is 1.73. The summed E-state index contributed by atoms with van der Waals surface area (Å²) in [7, 11) is 0.